The number of rotatable bonds is 3. The van der Waals surface area contributed by atoms with Crippen molar-refractivity contribution in [1.82, 2.24) is 4.90 Å². The van der Waals surface area contributed by atoms with Crippen LogP contribution in [0.3, 0.4) is 0 Å². The van der Waals surface area contributed by atoms with Crippen molar-refractivity contribution in [2.24, 2.45) is 0 Å². The lowest BCUT2D eigenvalue weighted by molar-refractivity contribution is 0.223. The summed E-state index contributed by atoms with van der Waals surface area (Å²) in [4.78, 5) is 13.1. The van der Waals surface area contributed by atoms with Crippen LogP contribution in [0.4, 0.5) is 10.5 Å². The van der Waals surface area contributed by atoms with Gasteiger partial charge in [0.15, 0.2) is 0 Å². The molecule has 1 N–H and O–H groups in total. The summed E-state index contributed by atoms with van der Waals surface area (Å²) in [6.07, 6.45) is 10.3. The van der Waals surface area contributed by atoms with E-state index in [0.717, 1.165) is 0 Å². The topological polar surface area (TPSA) is 32.3 Å². The average molecular weight is 247 g/mol. The first-order valence-electron chi connectivity index (χ1n) is 4.85. The van der Waals surface area contributed by atoms with Gasteiger partial charge in [0.1, 0.15) is 0 Å². The van der Waals surface area contributed by atoms with Crippen molar-refractivity contribution >= 4 is 23.3 Å². The molecule has 0 aliphatic rings. The molecule has 2 amide bonds. The number of anilines is 1. The fourth-order valence-electron chi connectivity index (χ4n) is 1.16. The third kappa shape index (κ3) is 4.10. The zero-order valence-corrected chi connectivity index (χ0v) is 9.87. The van der Waals surface area contributed by atoms with Crippen molar-refractivity contribution in [3.63, 3.8) is 0 Å². The number of carbonyl (C=O) groups is 1. The summed E-state index contributed by atoms with van der Waals surface area (Å²) in [5.74, 6) is 4.75. The summed E-state index contributed by atoms with van der Waals surface area (Å²) in [7, 11) is 0. The second-order valence-corrected chi connectivity index (χ2v) is 3.64. The van der Waals surface area contributed by atoms with Gasteiger partial charge in [-0.3, -0.25) is 0 Å². The van der Waals surface area contributed by atoms with Gasteiger partial charge < -0.3 is 10.2 Å². The zero-order valence-electron chi connectivity index (χ0n) is 9.11. The number of urea groups is 1. The van der Waals surface area contributed by atoms with Crippen LogP contribution in [0.25, 0.3) is 0 Å². The molecular weight excluding hydrogens is 236 g/mol. The van der Waals surface area contributed by atoms with Crippen molar-refractivity contribution in [3.8, 4) is 24.7 Å². The minimum atomic E-state index is -0.330. The van der Waals surface area contributed by atoms with Crippen molar-refractivity contribution in [3.05, 3.63) is 29.3 Å². The van der Waals surface area contributed by atoms with Crippen molar-refractivity contribution in [2.75, 3.05) is 18.4 Å². The lowest BCUT2D eigenvalue weighted by Gasteiger charge is -2.17. The third-order valence-electron chi connectivity index (χ3n) is 1.95. The second kappa shape index (κ2) is 6.48. The summed E-state index contributed by atoms with van der Waals surface area (Å²) in [5, 5.41) is 3.28. The van der Waals surface area contributed by atoms with E-state index in [9.17, 15) is 4.79 Å². The highest BCUT2D eigenvalue weighted by atomic mass is 35.5. The highest BCUT2D eigenvalue weighted by Crippen LogP contribution is 2.13. The molecule has 0 atom stereocenters. The van der Waals surface area contributed by atoms with Gasteiger partial charge in [0.25, 0.3) is 0 Å². The molecule has 0 unspecified atom stereocenters. The summed E-state index contributed by atoms with van der Waals surface area (Å²) in [6, 6.07) is 6.44. The Morgan fingerprint density at radius 3 is 2.24 bits per heavy atom. The van der Waals surface area contributed by atoms with Crippen molar-refractivity contribution in [2.45, 2.75) is 0 Å². The standard InChI is InChI=1S/C13H11ClN2O/c1-3-9-16(10-4-2)13(17)15-12-7-5-11(14)6-8-12/h1-2,5-8H,9-10H2,(H,15,17). The molecule has 0 aromatic heterocycles. The maximum atomic E-state index is 11.8. The molecule has 1 aromatic rings. The average Bonchev–Trinajstić information content (AvgIpc) is 2.32. The molecule has 0 spiro atoms. The first-order chi connectivity index (χ1) is 8.17. The normalized spacial score (nSPS) is 8.88. The van der Waals surface area contributed by atoms with Gasteiger partial charge in [-0.25, -0.2) is 4.79 Å². The first-order valence-corrected chi connectivity index (χ1v) is 5.23. The van der Waals surface area contributed by atoms with Gasteiger partial charge in [-0.05, 0) is 24.3 Å². The number of amides is 2. The smallest absolute Gasteiger partial charge is 0.308 e. The SMILES string of the molecule is C#CCN(CC#C)C(=O)Nc1ccc(Cl)cc1. The largest absolute Gasteiger partial charge is 0.323 e. The predicted octanol–water partition coefficient (Wildman–Crippen LogP) is 2.44. The van der Waals surface area contributed by atoms with Gasteiger partial charge in [-0.1, -0.05) is 23.4 Å². The molecular formula is C13H11ClN2O. The van der Waals surface area contributed by atoms with Gasteiger partial charge in [0.2, 0.25) is 0 Å². The van der Waals surface area contributed by atoms with Crippen LogP contribution in [0.1, 0.15) is 0 Å². The highest BCUT2D eigenvalue weighted by molar-refractivity contribution is 6.30. The summed E-state index contributed by atoms with van der Waals surface area (Å²) >= 11 is 5.73. The molecule has 4 heteroatoms. The maximum absolute atomic E-state index is 11.8. The molecule has 0 saturated carbocycles. The van der Waals surface area contributed by atoms with Crippen LogP contribution < -0.4 is 5.32 Å². The van der Waals surface area contributed by atoms with E-state index in [1.54, 1.807) is 24.3 Å². The van der Waals surface area contributed by atoms with E-state index in [1.165, 1.54) is 4.90 Å². The van der Waals surface area contributed by atoms with Crippen LogP contribution >= 0.6 is 11.6 Å². The fourth-order valence-corrected chi connectivity index (χ4v) is 1.28. The number of terminal acetylenes is 2. The zero-order chi connectivity index (χ0) is 12.7. The fraction of sp³-hybridized carbons (Fsp3) is 0.154. The number of hydrogen-bond donors (Lipinski definition) is 1. The van der Waals surface area contributed by atoms with E-state index >= 15 is 0 Å². The van der Waals surface area contributed by atoms with Gasteiger partial charge in [0.05, 0.1) is 13.1 Å². The molecule has 0 radical (unpaired) electrons. The van der Waals surface area contributed by atoms with E-state index in [4.69, 9.17) is 24.4 Å². The Morgan fingerprint density at radius 2 is 1.76 bits per heavy atom. The lowest BCUT2D eigenvalue weighted by atomic mass is 10.3. The number of nitrogens with one attached hydrogen (secondary N) is 1. The molecule has 0 aliphatic heterocycles. The molecule has 86 valence electrons. The summed E-state index contributed by atoms with van der Waals surface area (Å²) < 4.78 is 0. The Bertz CT molecular complexity index is 452. The Balaban J connectivity index is 2.67. The lowest BCUT2D eigenvalue weighted by Crippen LogP contribution is -2.35. The number of benzene rings is 1. The van der Waals surface area contributed by atoms with E-state index in [-0.39, 0.29) is 19.1 Å². The monoisotopic (exact) mass is 246 g/mol. The summed E-state index contributed by atoms with van der Waals surface area (Å²) in [5.41, 5.74) is 0.637. The molecule has 0 heterocycles. The van der Waals surface area contributed by atoms with Crippen LogP contribution in [0, 0.1) is 24.7 Å². The molecule has 3 nitrogen and oxygen atoms in total. The van der Waals surface area contributed by atoms with Crippen LogP contribution in [0.2, 0.25) is 5.02 Å². The predicted molar refractivity (Wildman–Crippen MR) is 69.7 cm³/mol. The van der Waals surface area contributed by atoms with Crippen LogP contribution in [0.15, 0.2) is 24.3 Å². The van der Waals surface area contributed by atoms with Gasteiger partial charge in [0, 0.05) is 10.7 Å². The maximum Gasteiger partial charge on any atom is 0.323 e. The summed E-state index contributed by atoms with van der Waals surface area (Å²) in [6.45, 7) is 0.341. The minimum Gasteiger partial charge on any atom is -0.308 e. The molecule has 17 heavy (non-hydrogen) atoms. The highest BCUT2D eigenvalue weighted by Gasteiger charge is 2.10. The van der Waals surface area contributed by atoms with Crippen molar-refractivity contribution < 1.29 is 4.79 Å². The van der Waals surface area contributed by atoms with Crippen LogP contribution in [-0.4, -0.2) is 24.0 Å². The van der Waals surface area contributed by atoms with Crippen molar-refractivity contribution in [1.29, 1.82) is 0 Å². The van der Waals surface area contributed by atoms with E-state index < -0.39 is 0 Å². The number of nitrogens with zero attached hydrogens (tertiary/aromatic N) is 1. The van der Waals surface area contributed by atoms with Gasteiger partial charge >= 0.3 is 6.03 Å². The van der Waals surface area contributed by atoms with Crippen LogP contribution in [0.5, 0.6) is 0 Å². The molecule has 0 saturated heterocycles. The molecule has 0 fully saturated rings. The molecule has 0 aliphatic carbocycles. The van der Waals surface area contributed by atoms with Gasteiger partial charge in [-0.2, -0.15) is 0 Å². The number of carbonyl (C=O) groups excluding carboxylic acids is 1. The second-order valence-electron chi connectivity index (χ2n) is 3.20. The number of halogens is 1. The minimum absolute atomic E-state index is 0.170. The molecule has 1 aromatic carbocycles. The van der Waals surface area contributed by atoms with Crippen LogP contribution in [-0.2, 0) is 0 Å². The Hall–Kier alpha value is -2.10. The Labute approximate surface area is 106 Å². The molecule has 0 bridgehead atoms. The molecule has 1 rings (SSSR count). The Morgan fingerprint density at radius 1 is 1.24 bits per heavy atom. The van der Waals surface area contributed by atoms with E-state index in [0.29, 0.717) is 10.7 Å². The third-order valence-corrected chi connectivity index (χ3v) is 2.20. The number of hydrogen-bond acceptors (Lipinski definition) is 1. The quantitative estimate of drug-likeness (QED) is 0.817. The van der Waals surface area contributed by atoms with Gasteiger partial charge in [-0.15, -0.1) is 12.8 Å². The van der Waals surface area contributed by atoms with E-state index in [2.05, 4.69) is 17.2 Å². The van der Waals surface area contributed by atoms with E-state index in [1.807, 2.05) is 0 Å². The first kappa shape index (κ1) is 13.0. The Kier molecular flexibility index (Phi) is 4.94.